The molecule has 2 N–H and O–H groups in total. The Morgan fingerprint density at radius 1 is 1.61 bits per heavy atom. The van der Waals surface area contributed by atoms with E-state index in [-0.39, 0.29) is 5.75 Å². The molecular formula is C13H16FNO3. The number of carbonyl (C=O) groups is 1. The van der Waals surface area contributed by atoms with Crippen LogP contribution in [0.15, 0.2) is 18.2 Å². The van der Waals surface area contributed by atoms with Crippen molar-refractivity contribution in [2.75, 3.05) is 13.7 Å². The van der Waals surface area contributed by atoms with Gasteiger partial charge in [0.15, 0.2) is 11.6 Å². The first-order valence-electron chi connectivity index (χ1n) is 5.91. The van der Waals surface area contributed by atoms with Crippen molar-refractivity contribution in [3.63, 3.8) is 0 Å². The molecule has 0 spiro atoms. The highest BCUT2D eigenvalue weighted by atomic mass is 19.1. The first-order valence-corrected chi connectivity index (χ1v) is 5.91. The number of carboxylic acids is 1. The first kappa shape index (κ1) is 12.8. The number of ether oxygens (including phenoxy) is 1. The number of benzene rings is 1. The Bertz CT molecular complexity index is 446. The molecule has 0 heterocycles. The van der Waals surface area contributed by atoms with Gasteiger partial charge in [0.05, 0.1) is 7.11 Å². The van der Waals surface area contributed by atoms with E-state index in [0.29, 0.717) is 18.0 Å². The van der Waals surface area contributed by atoms with Crippen LogP contribution in [0.25, 0.3) is 0 Å². The molecule has 18 heavy (non-hydrogen) atoms. The Morgan fingerprint density at radius 2 is 2.33 bits per heavy atom. The summed E-state index contributed by atoms with van der Waals surface area (Å²) in [7, 11) is 1.37. The molecule has 1 atom stereocenters. The summed E-state index contributed by atoms with van der Waals surface area (Å²) in [5, 5.41) is 12.1. The third-order valence-corrected chi connectivity index (χ3v) is 3.06. The van der Waals surface area contributed by atoms with Gasteiger partial charge in [-0.1, -0.05) is 6.07 Å². The number of rotatable bonds is 6. The average molecular weight is 253 g/mol. The standard InChI is InChI=1S/C13H16FNO3/c1-18-11-5-4-9(6-10(11)14)12(13(16)17)15-7-8-2-3-8/h4-6,8,12,15H,2-3,7H2,1H3,(H,16,17). The zero-order valence-electron chi connectivity index (χ0n) is 10.1. The molecule has 2 rings (SSSR count). The van der Waals surface area contributed by atoms with E-state index in [1.165, 1.54) is 19.2 Å². The predicted molar refractivity (Wildman–Crippen MR) is 64.1 cm³/mol. The lowest BCUT2D eigenvalue weighted by atomic mass is 10.1. The van der Waals surface area contributed by atoms with Crippen LogP contribution in [0.4, 0.5) is 4.39 Å². The molecule has 0 radical (unpaired) electrons. The molecule has 0 saturated heterocycles. The summed E-state index contributed by atoms with van der Waals surface area (Å²) in [6, 6.07) is 3.35. The molecule has 1 fully saturated rings. The molecule has 5 heteroatoms. The monoisotopic (exact) mass is 253 g/mol. The van der Waals surface area contributed by atoms with Crippen molar-refractivity contribution in [3.05, 3.63) is 29.6 Å². The largest absolute Gasteiger partial charge is 0.494 e. The minimum Gasteiger partial charge on any atom is -0.494 e. The van der Waals surface area contributed by atoms with Crippen LogP contribution < -0.4 is 10.1 Å². The van der Waals surface area contributed by atoms with E-state index in [9.17, 15) is 9.18 Å². The topological polar surface area (TPSA) is 58.6 Å². The van der Waals surface area contributed by atoms with E-state index in [4.69, 9.17) is 9.84 Å². The summed E-state index contributed by atoms with van der Waals surface area (Å²) in [5.41, 5.74) is 0.404. The number of nitrogens with one attached hydrogen (secondary N) is 1. The molecule has 1 aromatic carbocycles. The van der Waals surface area contributed by atoms with Gasteiger partial charge in [-0.2, -0.15) is 0 Å². The van der Waals surface area contributed by atoms with Crippen LogP contribution in [0.5, 0.6) is 5.75 Å². The predicted octanol–water partition coefficient (Wildman–Crippen LogP) is 1.96. The fourth-order valence-electron chi connectivity index (χ4n) is 1.82. The van der Waals surface area contributed by atoms with E-state index in [1.807, 2.05) is 0 Å². The zero-order valence-corrected chi connectivity index (χ0v) is 10.1. The number of carboxylic acid groups (broad SMARTS) is 1. The summed E-state index contributed by atoms with van der Waals surface area (Å²) >= 11 is 0. The fourth-order valence-corrected chi connectivity index (χ4v) is 1.82. The van der Waals surface area contributed by atoms with Gasteiger partial charge in [-0.15, -0.1) is 0 Å². The highest BCUT2D eigenvalue weighted by Gasteiger charge is 2.26. The lowest BCUT2D eigenvalue weighted by Crippen LogP contribution is -2.30. The number of hydrogen-bond donors (Lipinski definition) is 2. The summed E-state index contributed by atoms with van der Waals surface area (Å²) < 4.78 is 18.3. The summed E-state index contributed by atoms with van der Waals surface area (Å²) in [5.74, 6) is -0.866. The molecule has 0 bridgehead atoms. The van der Waals surface area contributed by atoms with Crippen LogP contribution in [0.3, 0.4) is 0 Å². The third-order valence-electron chi connectivity index (χ3n) is 3.06. The van der Waals surface area contributed by atoms with Crippen molar-refractivity contribution in [3.8, 4) is 5.75 Å². The molecule has 98 valence electrons. The third kappa shape index (κ3) is 2.98. The van der Waals surface area contributed by atoms with Crippen LogP contribution in [0, 0.1) is 11.7 Å². The Hall–Kier alpha value is -1.62. The lowest BCUT2D eigenvalue weighted by Gasteiger charge is -2.15. The summed E-state index contributed by atoms with van der Waals surface area (Å²) in [6.07, 6.45) is 2.27. The number of methoxy groups -OCH3 is 1. The molecule has 1 unspecified atom stereocenters. The second kappa shape index (κ2) is 5.35. The Morgan fingerprint density at radius 3 is 2.83 bits per heavy atom. The van der Waals surface area contributed by atoms with E-state index < -0.39 is 17.8 Å². The fraction of sp³-hybridized carbons (Fsp3) is 0.462. The Kier molecular flexibility index (Phi) is 3.81. The zero-order chi connectivity index (χ0) is 13.1. The van der Waals surface area contributed by atoms with Gasteiger partial charge in [-0.25, -0.2) is 4.39 Å². The van der Waals surface area contributed by atoms with Crippen LogP contribution in [-0.4, -0.2) is 24.7 Å². The van der Waals surface area contributed by atoms with Gasteiger partial charge in [-0.05, 0) is 43.0 Å². The van der Waals surface area contributed by atoms with Crippen molar-refractivity contribution in [1.82, 2.24) is 5.32 Å². The van der Waals surface area contributed by atoms with Gasteiger partial charge in [0.2, 0.25) is 0 Å². The molecule has 1 aromatic rings. The SMILES string of the molecule is COc1ccc(C(NCC2CC2)C(=O)O)cc1F. The Balaban J connectivity index is 2.13. The van der Waals surface area contributed by atoms with Gasteiger partial charge in [0, 0.05) is 0 Å². The van der Waals surface area contributed by atoms with Gasteiger partial charge >= 0.3 is 5.97 Å². The van der Waals surface area contributed by atoms with Gasteiger partial charge in [0.25, 0.3) is 0 Å². The molecule has 1 aliphatic carbocycles. The van der Waals surface area contributed by atoms with Gasteiger partial charge in [0.1, 0.15) is 6.04 Å². The van der Waals surface area contributed by atoms with Crippen molar-refractivity contribution < 1.29 is 19.0 Å². The molecule has 0 amide bonds. The van der Waals surface area contributed by atoms with Crippen molar-refractivity contribution in [2.24, 2.45) is 5.92 Å². The molecule has 4 nitrogen and oxygen atoms in total. The quantitative estimate of drug-likeness (QED) is 0.813. The molecule has 1 aliphatic rings. The molecular weight excluding hydrogens is 237 g/mol. The Labute approximate surface area is 105 Å². The van der Waals surface area contributed by atoms with Crippen LogP contribution in [0.1, 0.15) is 24.4 Å². The average Bonchev–Trinajstić information content (AvgIpc) is 3.13. The lowest BCUT2D eigenvalue weighted by molar-refractivity contribution is -0.139. The maximum Gasteiger partial charge on any atom is 0.325 e. The highest BCUT2D eigenvalue weighted by molar-refractivity contribution is 5.75. The van der Waals surface area contributed by atoms with E-state index in [2.05, 4.69) is 5.32 Å². The van der Waals surface area contributed by atoms with Crippen molar-refractivity contribution in [1.29, 1.82) is 0 Å². The van der Waals surface area contributed by atoms with E-state index in [0.717, 1.165) is 12.8 Å². The number of aliphatic carboxylic acids is 1. The minimum atomic E-state index is -1.000. The van der Waals surface area contributed by atoms with Crippen molar-refractivity contribution >= 4 is 5.97 Å². The number of hydrogen-bond acceptors (Lipinski definition) is 3. The maximum absolute atomic E-state index is 13.5. The first-order chi connectivity index (χ1) is 8.61. The smallest absolute Gasteiger partial charge is 0.325 e. The number of halogens is 1. The highest BCUT2D eigenvalue weighted by Crippen LogP contribution is 2.29. The second-order valence-electron chi connectivity index (χ2n) is 4.52. The molecule has 0 aromatic heterocycles. The van der Waals surface area contributed by atoms with Gasteiger partial charge in [-0.3, -0.25) is 4.79 Å². The van der Waals surface area contributed by atoms with Crippen LogP contribution in [-0.2, 0) is 4.79 Å². The second-order valence-corrected chi connectivity index (χ2v) is 4.52. The van der Waals surface area contributed by atoms with Crippen molar-refractivity contribution in [2.45, 2.75) is 18.9 Å². The van der Waals surface area contributed by atoms with Gasteiger partial charge < -0.3 is 15.2 Å². The van der Waals surface area contributed by atoms with E-state index >= 15 is 0 Å². The normalized spacial score (nSPS) is 16.3. The maximum atomic E-state index is 13.5. The van der Waals surface area contributed by atoms with Crippen LogP contribution >= 0.6 is 0 Å². The summed E-state index contributed by atoms with van der Waals surface area (Å²) in [4.78, 5) is 11.2. The summed E-state index contributed by atoms with van der Waals surface area (Å²) in [6.45, 7) is 0.657. The molecule has 1 saturated carbocycles. The van der Waals surface area contributed by atoms with E-state index in [1.54, 1.807) is 6.07 Å². The van der Waals surface area contributed by atoms with Crippen LogP contribution in [0.2, 0.25) is 0 Å². The molecule has 0 aliphatic heterocycles. The minimum absolute atomic E-state index is 0.116.